The van der Waals surface area contributed by atoms with Crippen LogP contribution in [-0.4, -0.2) is 27.3 Å². The summed E-state index contributed by atoms with van der Waals surface area (Å²) in [7, 11) is 0. The Labute approximate surface area is 147 Å². The van der Waals surface area contributed by atoms with Crippen molar-refractivity contribution < 1.29 is 9.59 Å². The zero-order valence-corrected chi connectivity index (χ0v) is 13.8. The quantitative estimate of drug-likeness (QED) is 0.639. The fourth-order valence-corrected chi connectivity index (χ4v) is 3.78. The van der Waals surface area contributed by atoms with Gasteiger partial charge >= 0.3 is 0 Å². The van der Waals surface area contributed by atoms with Crippen molar-refractivity contribution in [3.8, 4) is 0 Å². The number of fused-ring (bicyclic) bond motifs is 6. The Balaban J connectivity index is 1.94. The number of guanidine groups is 1. The van der Waals surface area contributed by atoms with Crippen LogP contribution in [0.4, 0.5) is 11.6 Å². The molecule has 1 atom stereocenters. The van der Waals surface area contributed by atoms with Crippen molar-refractivity contribution in [1.29, 1.82) is 0 Å². The molecule has 2 aliphatic heterocycles. The van der Waals surface area contributed by atoms with Gasteiger partial charge in [0.05, 0.1) is 16.7 Å². The van der Waals surface area contributed by atoms with E-state index in [1.54, 1.807) is 22.8 Å². The largest absolute Gasteiger partial charge is 0.370 e. The van der Waals surface area contributed by atoms with E-state index in [9.17, 15) is 9.59 Å². The van der Waals surface area contributed by atoms with Crippen molar-refractivity contribution in [2.45, 2.75) is 12.6 Å². The number of carbonyl (C=O) groups excluding carboxylic acids is 2. The lowest BCUT2D eigenvalue weighted by molar-refractivity contribution is -0.128. The van der Waals surface area contributed by atoms with E-state index in [0.29, 0.717) is 22.7 Å². The van der Waals surface area contributed by atoms with Crippen molar-refractivity contribution in [3.63, 3.8) is 0 Å². The summed E-state index contributed by atoms with van der Waals surface area (Å²) in [4.78, 5) is 35.9. The van der Waals surface area contributed by atoms with Gasteiger partial charge in [0.15, 0.2) is 5.96 Å². The number of hydrogen-bond acceptors (Lipinski definition) is 6. The Hall–Kier alpha value is -3.68. The number of nitrogens with two attached hydrogens (primary N) is 1. The summed E-state index contributed by atoms with van der Waals surface area (Å²) in [5.74, 6) is -0.369. The van der Waals surface area contributed by atoms with Crippen LogP contribution >= 0.6 is 0 Å². The Morgan fingerprint density at radius 2 is 1.88 bits per heavy atom. The van der Waals surface area contributed by atoms with Gasteiger partial charge in [-0.3, -0.25) is 19.5 Å². The van der Waals surface area contributed by atoms with Crippen LogP contribution < -0.4 is 16.0 Å². The number of aromatic nitrogens is 2. The van der Waals surface area contributed by atoms with Crippen LogP contribution in [-0.2, 0) is 15.3 Å². The molecule has 1 aromatic heterocycles. The summed E-state index contributed by atoms with van der Waals surface area (Å²) in [6.07, 6.45) is 0. The summed E-state index contributed by atoms with van der Waals surface area (Å²) in [6, 6.07) is 14.5. The molecular formula is C18H14N6O2. The number of imidazole rings is 1. The number of carbonyl (C=O) groups is 2. The van der Waals surface area contributed by atoms with E-state index in [1.165, 1.54) is 6.92 Å². The number of nitrogens with one attached hydrogen (secondary N) is 1. The minimum absolute atomic E-state index is 0.0707. The molecule has 26 heavy (non-hydrogen) atoms. The average Bonchev–Trinajstić information content (AvgIpc) is 3.09. The fraction of sp³-hybridized carbons (Fsp3) is 0.111. The Kier molecular flexibility index (Phi) is 2.64. The van der Waals surface area contributed by atoms with E-state index < -0.39 is 11.6 Å². The van der Waals surface area contributed by atoms with E-state index >= 15 is 0 Å². The first-order valence-corrected chi connectivity index (χ1v) is 8.09. The van der Waals surface area contributed by atoms with Gasteiger partial charge in [0.2, 0.25) is 11.9 Å². The van der Waals surface area contributed by atoms with Gasteiger partial charge in [0.25, 0.3) is 11.6 Å². The summed E-state index contributed by atoms with van der Waals surface area (Å²) < 4.78 is 1.71. The van der Waals surface area contributed by atoms with Crippen LogP contribution in [0.15, 0.2) is 53.5 Å². The molecule has 2 aliphatic rings. The van der Waals surface area contributed by atoms with Crippen LogP contribution in [0.25, 0.3) is 11.0 Å². The molecule has 2 aromatic carbocycles. The molecule has 0 aliphatic carbocycles. The monoisotopic (exact) mass is 346 g/mol. The van der Waals surface area contributed by atoms with Crippen molar-refractivity contribution in [1.82, 2.24) is 9.55 Å². The Morgan fingerprint density at radius 3 is 2.69 bits per heavy atom. The van der Waals surface area contributed by atoms with Crippen LogP contribution in [0.5, 0.6) is 0 Å². The number of imide groups is 1. The summed E-state index contributed by atoms with van der Waals surface area (Å²) in [5, 5.41) is 2.92. The lowest BCUT2D eigenvalue weighted by Gasteiger charge is -2.31. The molecule has 0 unspecified atom stereocenters. The van der Waals surface area contributed by atoms with Gasteiger partial charge in [0.1, 0.15) is 0 Å². The molecular weight excluding hydrogens is 332 g/mol. The van der Waals surface area contributed by atoms with E-state index in [4.69, 9.17) is 5.73 Å². The number of nitrogens with zero attached hydrogens (tertiary/aromatic N) is 4. The lowest BCUT2D eigenvalue weighted by atomic mass is 10.00. The first kappa shape index (κ1) is 14.6. The van der Waals surface area contributed by atoms with Gasteiger partial charge in [-0.05, 0) is 18.2 Å². The third kappa shape index (κ3) is 1.58. The van der Waals surface area contributed by atoms with Gasteiger partial charge in [-0.1, -0.05) is 30.3 Å². The standard InChI is InChI=1S/C18H14N6O2/c1-10(25)23-13-8-4-2-6-11(13)18(15(23)26)22-16(19)21-17-20-12-7-3-5-9-14(12)24(17)18/h2-9H,1H3,(H3,19,20,21,22)/t18-/m1/s1. The Morgan fingerprint density at radius 1 is 1.15 bits per heavy atom. The number of anilines is 2. The number of para-hydroxylation sites is 3. The van der Waals surface area contributed by atoms with Crippen molar-refractivity contribution >= 4 is 40.4 Å². The highest BCUT2D eigenvalue weighted by Gasteiger charge is 2.57. The second kappa shape index (κ2) is 4.69. The van der Waals surface area contributed by atoms with Gasteiger partial charge in [-0.25, -0.2) is 14.9 Å². The van der Waals surface area contributed by atoms with Crippen LogP contribution in [0, 0.1) is 0 Å². The average molecular weight is 346 g/mol. The van der Waals surface area contributed by atoms with E-state index in [2.05, 4.69) is 15.3 Å². The van der Waals surface area contributed by atoms with Crippen molar-refractivity contribution in [2.75, 3.05) is 10.2 Å². The van der Waals surface area contributed by atoms with E-state index in [0.717, 1.165) is 10.4 Å². The molecule has 128 valence electrons. The predicted molar refractivity (Wildman–Crippen MR) is 96.7 cm³/mol. The number of hydrogen-bond donors (Lipinski definition) is 2. The number of aliphatic imine (C=N–C) groups is 1. The third-order valence-corrected chi connectivity index (χ3v) is 4.74. The highest BCUT2D eigenvalue weighted by molar-refractivity contribution is 6.23. The van der Waals surface area contributed by atoms with Crippen molar-refractivity contribution in [2.24, 2.45) is 10.7 Å². The molecule has 2 amide bonds. The van der Waals surface area contributed by atoms with Gasteiger partial charge < -0.3 is 5.73 Å². The van der Waals surface area contributed by atoms with Crippen LogP contribution in [0.1, 0.15) is 12.5 Å². The van der Waals surface area contributed by atoms with Gasteiger partial charge in [0, 0.05) is 12.5 Å². The molecule has 0 saturated carbocycles. The smallest absolute Gasteiger partial charge is 0.288 e. The molecule has 5 rings (SSSR count). The molecule has 8 nitrogen and oxygen atoms in total. The normalized spacial score (nSPS) is 20.7. The highest BCUT2D eigenvalue weighted by atomic mass is 16.2. The minimum atomic E-state index is -1.50. The fourth-order valence-electron chi connectivity index (χ4n) is 3.78. The number of rotatable bonds is 0. The number of amides is 2. The number of benzene rings is 2. The maximum Gasteiger partial charge on any atom is 0.288 e. The zero-order valence-electron chi connectivity index (χ0n) is 13.8. The Bertz CT molecular complexity index is 1150. The second-order valence-electron chi connectivity index (χ2n) is 6.23. The van der Waals surface area contributed by atoms with Crippen molar-refractivity contribution in [3.05, 3.63) is 54.1 Å². The minimum Gasteiger partial charge on any atom is -0.370 e. The molecule has 0 radical (unpaired) electrons. The molecule has 0 bridgehead atoms. The molecule has 1 spiro atoms. The lowest BCUT2D eigenvalue weighted by Crippen LogP contribution is -2.50. The first-order valence-electron chi connectivity index (χ1n) is 8.09. The van der Waals surface area contributed by atoms with Crippen LogP contribution in [0.3, 0.4) is 0 Å². The van der Waals surface area contributed by atoms with Crippen LogP contribution in [0.2, 0.25) is 0 Å². The maximum atomic E-state index is 13.5. The summed E-state index contributed by atoms with van der Waals surface area (Å²) in [5.41, 5.74) is 7.02. The van der Waals surface area contributed by atoms with E-state index in [1.807, 2.05) is 30.3 Å². The zero-order chi connectivity index (χ0) is 18.1. The van der Waals surface area contributed by atoms with Gasteiger partial charge in [-0.2, -0.15) is 0 Å². The SMILES string of the molecule is CC(=O)N1C(=O)[C@@]2(N=C(N)Nc3nc4ccccc4n32)c2ccccc21. The first-order chi connectivity index (χ1) is 12.5. The molecule has 3 N–H and O–H groups in total. The maximum absolute atomic E-state index is 13.5. The van der Waals surface area contributed by atoms with E-state index in [-0.39, 0.29) is 11.9 Å². The highest BCUT2D eigenvalue weighted by Crippen LogP contribution is 2.47. The molecule has 0 fully saturated rings. The molecule has 8 heteroatoms. The predicted octanol–water partition coefficient (Wildman–Crippen LogP) is 1.37. The topological polar surface area (TPSA) is 106 Å². The summed E-state index contributed by atoms with van der Waals surface area (Å²) in [6.45, 7) is 1.36. The molecule has 3 aromatic rings. The second-order valence-corrected chi connectivity index (χ2v) is 6.23. The molecule has 0 saturated heterocycles. The molecule has 3 heterocycles. The summed E-state index contributed by atoms with van der Waals surface area (Å²) >= 11 is 0. The van der Waals surface area contributed by atoms with Gasteiger partial charge in [-0.15, -0.1) is 0 Å². The third-order valence-electron chi connectivity index (χ3n) is 4.74.